The fourth-order valence-electron chi connectivity index (χ4n) is 2.44. The molecule has 82 valence electrons. The van der Waals surface area contributed by atoms with Crippen LogP contribution in [0.15, 0.2) is 0 Å². The summed E-state index contributed by atoms with van der Waals surface area (Å²) in [6, 6.07) is 0. The van der Waals surface area contributed by atoms with Crippen molar-refractivity contribution in [3.8, 4) is 0 Å². The molecule has 0 bridgehead atoms. The van der Waals surface area contributed by atoms with Crippen molar-refractivity contribution in [2.24, 2.45) is 23.5 Å². The number of hydrogen-bond acceptors (Lipinski definition) is 4. The Bertz CT molecular complexity index is 327. The first-order chi connectivity index (χ1) is 7.38. The molecule has 0 unspecified atom stereocenters. The van der Waals surface area contributed by atoms with Crippen LogP contribution >= 0.6 is 0 Å². The summed E-state index contributed by atoms with van der Waals surface area (Å²) < 4.78 is 1.90. The molecule has 15 heavy (non-hydrogen) atoms. The van der Waals surface area contributed by atoms with Crippen molar-refractivity contribution in [1.29, 1.82) is 0 Å². The van der Waals surface area contributed by atoms with Gasteiger partial charge in [-0.25, -0.2) is 4.68 Å². The Morgan fingerprint density at radius 2 is 1.93 bits per heavy atom. The molecule has 2 saturated carbocycles. The highest BCUT2D eigenvalue weighted by Crippen LogP contribution is 2.49. The Morgan fingerprint density at radius 1 is 1.27 bits per heavy atom. The van der Waals surface area contributed by atoms with E-state index in [0.29, 0.717) is 6.54 Å². The zero-order chi connectivity index (χ0) is 10.3. The molecule has 2 N–H and O–H groups in total. The smallest absolute Gasteiger partial charge is 0.164 e. The first-order valence-electron chi connectivity index (χ1n) is 5.83. The van der Waals surface area contributed by atoms with Crippen molar-refractivity contribution in [2.45, 2.75) is 38.8 Å². The maximum absolute atomic E-state index is 5.59. The normalized spacial score (nSPS) is 21.2. The van der Waals surface area contributed by atoms with Crippen molar-refractivity contribution in [3.05, 3.63) is 5.82 Å². The molecule has 0 amide bonds. The summed E-state index contributed by atoms with van der Waals surface area (Å²) >= 11 is 0. The van der Waals surface area contributed by atoms with Gasteiger partial charge >= 0.3 is 0 Å². The van der Waals surface area contributed by atoms with Gasteiger partial charge in [-0.2, -0.15) is 0 Å². The average molecular weight is 207 g/mol. The van der Waals surface area contributed by atoms with Gasteiger partial charge in [0, 0.05) is 6.54 Å². The molecule has 2 aliphatic rings. The molecule has 2 fully saturated rings. The number of tetrazole rings is 1. The Hall–Kier alpha value is -0.970. The first kappa shape index (κ1) is 9.27. The molecule has 5 nitrogen and oxygen atoms in total. The van der Waals surface area contributed by atoms with E-state index >= 15 is 0 Å². The van der Waals surface area contributed by atoms with Crippen LogP contribution in [0.2, 0.25) is 0 Å². The Morgan fingerprint density at radius 3 is 2.47 bits per heavy atom. The predicted octanol–water partition coefficient (Wildman–Crippen LogP) is 0.568. The summed E-state index contributed by atoms with van der Waals surface area (Å²) in [5.41, 5.74) is 5.59. The van der Waals surface area contributed by atoms with E-state index in [2.05, 4.69) is 15.5 Å². The third-order valence-corrected chi connectivity index (χ3v) is 3.63. The molecule has 0 aromatic carbocycles. The van der Waals surface area contributed by atoms with Gasteiger partial charge in [0.1, 0.15) is 0 Å². The van der Waals surface area contributed by atoms with E-state index in [1.54, 1.807) is 0 Å². The molecule has 5 heteroatoms. The SMILES string of the molecule is NCc1nnnn1CC(C1CC1)C1CC1. The second-order valence-corrected chi connectivity index (χ2v) is 4.82. The van der Waals surface area contributed by atoms with E-state index in [-0.39, 0.29) is 0 Å². The molecule has 0 saturated heterocycles. The monoisotopic (exact) mass is 207 g/mol. The van der Waals surface area contributed by atoms with E-state index in [4.69, 9.17) is 5.73 Å². The van der Waals surface area contributed by atoms with Crippen LogP contribution in [0.4, 0.5) is 0 Å². The predicted molar refractivity (Wildman–Crippen MR) is 54.6 cm³/mol. The van der Waals surface area contributed by atoms with Gasteiger partial charge in [0.05, 0.1) is 6.54 Å². The third kappa shape index (κ3) is 1.88. The number of nitrogens with zero attached hydrogens (tertiary/aromatic N) is 4. The quantitative estimate of drug-likeness (QED) is 0.766. The topological polar surface area (TPSA) is 69.6 Å². The molecular weight excluding hydrogens is 190 g/mol. The lowest BCUT2D eigenvalue weighted by Gasteiger charge is -2.15. The van der Waals surface area contributed by atoms with Crippen LogP contribution in [0.3, 0.4) is 0 Å². The molecule has 1 heterocycles. The lowest BCUT2D eigenvalue weighted by molar-refractivity contribution is 0.324. The minimum absolute atomic E-state index is 0.440. The van der Waals surface area contributed by atoms with Crippen molar-refractivity contribution in [2.75, 3.05) is 0 Å². The van der Waals surface area contributed by atoms with Gasteiger partial charge in [-0.05, 0) is 53.9 Å². The number of aromatic nitrogens is 4. The maximum atomic E-state index is 5.59. The van der Waals surface area contributed by atoms with Gasteiger partial charge in [0.15, 0.2) is 5.82 Å². The van der Waals surface area contributed by atoms with E-state index in [1.807, 2.05) is 4.68 Å². The van der Waals surface area contributed by atoms with Gasteiger partial charge in [-0.1, -0.05) is 0 Å². The van der Waals surface area contributed by atoms with E-state index < -0.39 is 0 Å². The van der Waals surface area contributed by atoms with Crippen LogP contribution < -0.4 is 5.73 Å². The Labute approximate surface area is 89.0 Å². The Kier molecular flexibility index (Phi) is 2.20. The third-order valence-electron chi connectivity index (χ3n) is 3.63. The largest absolute Gasteiger partial charge is 0.324 e. The summed E-state index contributed by atoms with van der Waals surface area (Å²) in [5, 5.41) is 11.6. The fourth-order valence-corrected chi connectivity index (χ4v) is 2.44. The fraction of sp³-hybridized carbons (Fsp3) is 0.900. The minimum Gasteiger partial charge on any atom is -0.324 e. The number of rotatable bonds is 5. The highest BCUT2D eigenvalue weighted by Gasteiger charge is 2.41. The van der Waals surface area contributed by atoms with E-state index in [1.165, 1.54) is 25.7 Å². The lowest BCUT2D eigenvalue weighted by Crippen LogP contribution is -2.19. The van der Waals surface area contributed by atoms with Gasteiger partial charge in [-0.3, -0.25) is 0 Å². The van der Waals surface area contributed by atoms with Gasteiger partial charge < -0.3 is 5.73 Å². The molecule has 1 aromatic rings. The van der Waals surface area contributed by atoms with Gasteiger partial charge in [0.2, 0.25) is 0 Å². The average Bonchev–Trinajstić information content (AvgIpc) is 3.14. The number of hydrogen-bond donors (Lipinski definition) is 1. The summed E-state index contributed by atoms with van der Waals surface area (Å²) in [4.78, 5) is 0. The molecule has 2 aliphatic carbocycles. The molecule has 0 radical (unpaired) electrons. The standard InChI is InChI=1S/C10H17N5/c11-5-10-12-13-14-15(10)6-9(7-1-2-7)8-3-4-8/h7-9H,1-6,11H2. The molecule has 3 rings (SSSR count). The first-order valence-corrected chi connectivity index (χ1v) is 5.83. The summed E-state index contributed by atoms with van der Waals surface area (Å²) in [6.45, 7) is 1.42. The van der Waals surface area contributed by atoms with Crippen LogP contribution in [0.25, 0.3) is 0 Å². The molecule has 0 atom stereocenters. The summed E-state index contributed by atoms with van der Waals surface area (Å²) in [5.74, 6) is 3.50. The van der Waals surface area contributed by atoms with Crippen LogP contribution in [-0.4, -0.2) is 20.2 Å². The zero-order valence-electron chi connectivity index (χ0n) is 8.84. The van der Waals surface area contributed by atoms with E-state index in [0.717, 1.165) is 30.1 Å². The van der Waals surface area contributed by atoms with Crippen LogP contribution in [0, 0.1) is 17.8 Å². The number of nitrogens with two attached hydrogens (primary N) is 1. The van der Waals surface area contributed by atoms with Crippen molar-refractivity contribution < 1.29 is 0 Å². The van der Waals surface area contributed by atoms with Crippen LogP contribution in [0.5, 0.6) is 0 Å². The molecule has 0 spiro atoms. The van der Waals surface area contributed by atoms with Crippen molar-refractivity contribution in [3.63, 3.8) is 0 Å². The highest BCUT2D eigenvalue weighted by molar-refractivity contribution is 4.92. The van der Waals surface area contributed by atoms with Gasteiger partial charge in [0.25, 0.3) is 0 Å². The zero-order valence-corrected chi connectivity index (χ0v) is 8.84. The second kappa shape index (κ2) is 3.56. The minimum atomic E-state index is 0.440. The van der Waals surface area contributed by atoms with Gasteiger partial charge in [-0.15, -0.1) is 5.10 Å². The lowest BCUT2D eigenvalue weighted by atomic mass is 9.98. The Balaban J connectivity index is 1.71. The van der Waals surface area contributed by atoms with E-state index in [9.17, 15) is 0 Å². The van der Waals surface area contributed by atoms with Crippen molar-refractivity contribution in [1.82, 2.24) is 20.2 Å². The van der Waals surface area contributed by atoms with Crippen LogP contribution in [-0.2, 0) is 13.1 Å². The van der Waals surface area contributed by atoms with Crippen molar-refractivity contribution >= 4 is 0 Å². The summed E-state index contributed by atoms with van der Waals surface area (Å²) in [6.07, 6.45) is 5.62. The highest BCUT2D eigenvalue weighted by atomic mass is 15.5. The maximum Gasteiger partial charge on any atom is 0.164 e. The molecule has 1 aromatic heterocycles. The second-order valence-electron chi connectivity index (χ2n) is 4.82. The molecule has 0 aliphatic heterocycles. The van der Waals surface area contributed by atoms with Crippen LogP contribution in [0.1, 0.15) is 31.5 Å². The summed E-state index contributed by atoms with van der Waals surface area (Å²) in [7, 11) is 0. The molecular formula is C10H17N5.